The second-order valence-electron chi connectivity index (χ2n) is 5.99. The van der Waals surface area contributed by atoms with Crippen molar-refractivity contribution in [1.82, 2.24) is 15.1 Å². The van der Waals surface area contributed by atoms with Crippen LogP contribution in [0.3, 0.4) is 0 Å². The lowest BCUT2D eigenvalue weighted by Crippen LogP contribution is -2.54. The molecule has 1 saturated heterocycles. The van der Waals surface area contributed by atoms with Gasteiger partial charge in [0.25, 0.3) is 0 Å². The van der Waals surface area contributed by atoms with E-state index in [2.05, 4.69) is 26.1 Å². The number of carbonyl (C=O) groups excluding carboxylic acids is 1. The number of piperazine rings is 1. The Morgan fingerprint density at radius 1 is 1.24 bits per heavy atom. The van der Waals surface area contributed by atoms with Crippen LogP contribution in [0.1, 0.15) is 13.3 Å². The molecule has 0 aromatic heterocycles. The largest absolute Gasteiger partial charge is 0.494 e. The Morgan fingerprint density at radius 3 is 2.48 bits per heavy atom. The highest BCUT2D eigenvalue weighted by atomic mass is 79.9. The summed E-state index contributed by atoms with van der Waals surface area (Å²) >= 11 is 3.39. The summed E-state index contributed by atoms with van der Waals surface area (Å²) in [5, 5.41) is 10.9. The van der Waals surface area contributed by atoms with Crippen molar-refractivity contribution in [3.05, 3.63) is 28.7 Å². The second kappa shape index (κ2) is 9.62. The van der Waals surface area contributed by atoms with Crippen LogP contribution in [0.4, 0.5) is 4.79 Å². The highest BCUT2D eigenvalue weighted by molar-refractivity contribution is 9.10. The number of halogens is 1. The minimum atomic E-state index is -1.18. The van der Waals surface area contributed by atoms with E-state index in [9.17, 15) is 9.59 Å². The van der Waals surface area contributed by atoms with Gasteiger partial charge in [0, 0.05) is 37.2 Å². The van der Waals surface area contributed by atoms with Gasteiger partial charge in [-0.2, -0.15) is 0 Å². The Balaban J connectivity index is 1.62. The molecular weight excluding hydrogens is 390 g/mol. The van der Waals surface area contributed by atoms with Crippen LogP contribution in [0, 0.1) is 0 Å². The van der Waals surface area contributed by atoms with E-state index in [4.69, 9.17) is 9.84 Å². The van der Waals surface area contributed by atoms with E-state index < -0.39 is 12.1 Å². The van der Waals surface area contributed by atoms with Gasteiger partial charge >= 0.3 is 6.09 Å². The molecule has 1 fully saturated rings. The van der Waals surface area contributed by atoms with Gasteiger partial charge in [-0.1, -0.05) is 15.9 Å². The Kier molecular flexibility index (Phi) is 7.52. The summed E-state index contributed by atoms with van der Waals surface area (Å²) < 4.78 is 6.73. The first-order chi connectivity index (χ1) is 12.0. The molecule has 1 aromatic carbocycles. The lowest BCUT2D eigenvalue weighted by atomic mass is 10.2. The molecule has 0 saturated carbocycles. The Hall–Kier alpha value is -1.80. The van der Waals surface area contributed by atoms with Gasteiger partial charge in [0.05, 0.1) is 6.61 Å². The molecule has 0 bridgehead atoms. The molecule has 1 heterocycles. The second-order valence-corrected chi connectivity index (χ2v) is 6.91. The number of ether oxygens (including phenoxy) is 1. The third kappa shape index (κ3) is 6.55. The van der Waals surface area contributed by atoms with Crippen LogP contribution in [-0.2, 0) is 4.79 Å². The van der Waals surface area contributed by atoms with Crippen LogP contribution < -0.4 is 10.1 Å². The number of benzene rings is 1. The molecule has 1 aliphatic rings. The molecule has 1 atom stereocenters. The molecule has 0 radical (unpaired) electrons. The summed E-state index contributed by atoms with van der Waals surface area (Å²) in [6.07, 6.45) is -0.258. The fourth-order valence-corrected chi connectivity index (χ4v) is 2.99. The molecule has 8 heteroatoms. The third-order valence-electron chi connectivity index (χ3n) is 4.10. The Labute approximate surface area is 156 Å². The Bertz CT molecular complexity index is 574. The van der Waals surface area contributed by atoms with E-state index in [1.165, 1.54) is 0 Å². The van der Waals surface area contributed by atoms with Gasteiger partial charge in [-0.05, 0) is 37.6 Å². The number of nitrogens with zero attached hydrogens (tertiary/aromatic N) is 2. The van der Waals surface area contributed by atoms with E-state index >= 15 is 0 Å². The smallest absolute Gasteiger partial charge is 0.405 e. The Morgan fingerprint density at radius 2 is 1.88 bits per heavy atom. The van der Waals surface area contributed by atoms with Crippen LogP contribution in [-0.4, -0.2) is 72.3 Å². The van der Waals surface area contributed by atoms with Gasteiger partial charge < -0.3 is 20.1 Å². The molecule has 2 rings (SSSR count). The fraction of sp³-hybridized carbons (Fsp3) is 0.529. The van der Waals surface area contributed by atoms with Crippen molar-refractivity contribution >= 4 is 27.9 Å². The number of carboxylic acid groups (broad SMARTS) is 1. The monoisotopic (exact) mass is 413 g/mol. The van der Waals surface area contributed by atoms with Crippen molar-refractivity contribution in [2.45, 2.75) is 19.4 Å². The first kappa shape index (κ1) is 19.5. The van der Waals surface area contributed by atoms with Gasteiger partial charge in [-0.15, -0.1) is 0 Å². The average Bonchev–Trinajstić information content (AvgIpc) is 2.59. The SMILES string of the molecule is C[C@H](NC(=O)O)C(=O)N1CCN(CCCOc2ccc(Br)cc2)CC1. The summed E-state index contributed by atoms with van der Waals surface area (Å²) in [5.41, 5.74) is 0. The molecule has 2 amide bonds. The maximum absolute atomic E-state index is 12.1. The minimum absolute atomic E-state index is 0.166. The molecular formula is C17H24BrN3O4. The van der Waals surface area contributed by atoms with Crippen LogP contribution in [0.2, 0.25) is 0 Å². The summed E-state index contributed by atoms with van der Waals surface area (Å²) in [6, 6.07) is 7.06. The zero-order chi connectivity index (χ0) is 18.2. The van der Waals surface area contributed by atoms with Crippen molar-refractivity contribution in [3.63, 3.8) is 0 Å². The van der Waals surface area contributed by atoms with Gasteiger partial charge in [-0.3, -0.25) is 9.69 Å². The molecule has 0 spiro atoms. The minimum Gasteiger partial charge on any atom is -0.494 e. The maximum Gasteiger partial charge on any atom is 0.405 e. The lowest BCUT2D eigenvalue weighted by molar-refractivity contribution is -0.134. The molecule has 138 valence electrons. The molecule has 0 aliphatic carbocycles. The van der Waals surface area contributed by atoms with E-state index in [1.807, 2.05) is 24.3 Å². The quantitative estimate of drug-likeness (QED) is 0.668. The topological polar surface area (TPSA) is 82.1 Å². The maximum atomic E-state index is 12.1. The number of amides is 2. The number of hydrogen-bond acceptors (Lipinski definition) is 4. The number of carbonyl (C=O) groups is 2. The number of hydrogen-bond donors (Lipinski definition) is 2. The van der Waals surface area contributed by atoms with Crippen LogP contribution in [0.15, 0.2) is 28.7 Å². The standard InChI is InChI=1S/C17H24BrN3O4/c1-13(19-17(23)24)16(22)21-10-8-20(9-11-21)7-2-12-25-15-5-3-14(18)4-6-15/h3-6,13,19H,2,7-12H2,1H3,(H,23,24)/t13-/m0/s1. The molecule has 0 unspecified atom stereocenters. The molecule has 1 aromatic rings. The molecule has 2 N–H and O–H groups in total. The van der Waals surface area contributed by atoms with Gasteiger partial charge in [0.15, 0.2) is 0 Å². The average molecular weight is 414 g/mol. The van der Waals surface area contributed by atoms with Gasteiger partial charge in [0.2, 0.25) is 5.91 Å². The van der Waals surface area contributed by atoms with Crippen molar-refractivity contribution in [2.24, 2.45) is 0 Å². The summed E-state index contributed by atoms with van der Waals surface area (Å²) in [6.45, 7) is 5.98. The predicted molar refractivity (Wildman–Crippen MR) is 97.9 cm³/mol. The summed E-state index contributed by atoms with van der Waals surface area (Å²) in [5.74, 6) is 0.694. The van der Waals surface area contributed by atoms with Crippen LogP contribution in [0.5, 0.6) is 5.75 Å². The van der Waals surface area contributed by atoms with E-state index in [0.717, 1.165) is 36.3 Å². The highest BCUT2D eigenvalue weighted by Gasteiger charge is 2.25. The fourth-order valence-electron chi connectivity index (χ4n) is 2.72. The third-order valence-corrected chi connectivity index (χ3v) is 4.62. The predicted octanol–water partition coefficient (Wildman–Crippen LogP) is 2.02. The van der Waals surface area contributed by atoms with Crippen LogP contribution >= 0.6 is 15.9 Å². The number of nitrogens with one attached hydrogen (secondary N) is 1. The van der Waals surface area contributed by atoms with Crippen molar-refractivity contribution in [3.8, 4) is 5.75 Å². The molecule has 7 nitrogen and oxygen atoms in total. The first-order valence-electron chi connectivity index (χ1n) is 8.34. The highest BCUT2D eigenvalue weighted by Crippen LogP contribution is 2.16. The normalized spacial score (nSPS) is 16.3. The summed E-state index contributed by atoms with van der Waals surface area (Å²) in [4.78, 5) is 26.8. The zero-order valence-electron chi connectivity index (χ0n) is 14.3. The van der Waals surface area contributed by atoms with Crippen molar-refractivity contribution in [2.75, 3.05) is 39.3 Å². The van der Waals surface area contributed by atoms with Crippen molar-refractivity contribution < 1.29 is 19.4 Å². The van der Waals surface area contributed by atoms with Crippen molar-refractivity contribution in [1.29, 1.82) is 0 Å². The van der Waals surface area contributed by atoms with E-state index in [-0.39, 0.29) is 5.91 Å². The first-order valence-corrected chi connectivity index (χ1v) is 9.14. The zero-order valence-corrected chi connectivity index (χ0v) is 15.9. The van der Waals surface area contributed by atoms with E-state index in [0.29, 0.717) is 19.7 Å². The molecule has 1 aliphatic heterocycles. The van der Waals surface area contributed by atoms with E-state index in [1.54, 1.807) is 11.8 Å². The lowest BCUT2D eigenvalue weighted by Gasteiger charge is -2.35. The molecule has 25 heavy (non-hydrogen) atoms. The van der Waals surface area contributed by atoms with Crippen LogP contribution in [0.25, 0.3) is 0 Å². The van der Waals surface area contributed by atoms with Gasteiger partial charge in [0.1, 0.15) is 11.8 Å². The number of rotatable bonds is 7. The summed E-state index contributed by atoms with van der Waals surface area (Å²) in [7, 11) is 0. The van der Waals surface area contributed by atoms with Gasteiger partial charge in [-0.25, -0.2) is 4.79 Å².